The maximum atomic E-state index is 11.3. The Bertz CT molecular complexity index is 838. The number of nitrogens with one attached hydrogen (secondary N) is 1. The van der Waals surface area contributed by atoms with Gasteiger partial charge in [-0.15, -0.1) is 0 Å². The first-order chi connectivity index (χ1) is 14.6. The number of nitrogens with zero attached hydrogens (tertiary/aromatic N) is 2. The molecule has 2 aromatic rings. The summed E-state index contributed by atoms with van der Waals surface area (Å²) in [6.45, 7) is 3.64. The summed E-state index contributed by atoms with van der Waals surface area (Å²) in [5.41, 5.74) is 8.89. The van der Waals surface area contributed by atoms with Gasteiger partial charge in [0.15, 0.2) is 5.96 Å². The minimum atomic E-state index is -0.226. The Kier molecular flexibility index (Phi) is 8.27. The fourth-order valence-corrected chi connectivity index (χ4v) is 3.91. The first-order valence-electron chi connectivity index (χ1n) is 10.6. The number of hydrogen-bond acceptors (Lipinski definition) is 3. The summed E-state index contributed by atoms with van der Waals surface area (Å²) in [7, 11) is 1.80. The van der Waals surface area contributed by atoms with Crippen molar-refractivity contribution in [2.24, 2.45) is 16.6 Å². The number of amides is 1. The highest BCUT2D eigenvalue weighted by Crippen LogP contribution is 2.19. The van der Waals surface area contributed by atoms with Crippen LogP contribution in [0.4, 0.5) is 0 Å². The molecule has 3 N–H and O–H groups in total. The van der Waals surface area contributed by atoms with E-state index in [-0.39, 0.29) is 5.91 Å². The molecule has 1 heterocycles. The molecule has 6 heteroatoms. The van der Waals surface area contributed by atoms with Gasteiger partial charge in [0, 0.05) is 33.1 Å². The van der Waals surface area contributed by atoms with Crippen molar-refractivity contribution >= 4 is 11.9 Å². The zero-order valence-corrected chi connectivity index (χ0v) is 17.7. The normalized spacial score (nSPS) is 17.0. The van der Waals surface area contributed by atoms with E-state index in [1.807, 2.05) is 18.2 Å². The highest BCUT2D eigenvalue weighted by molar-refractivity contribution is 5.80. The second-order valence-corrected chi connectivity index (χ2v) is 7.82. The fraction of sp³-hybridized carbons (Fsp3) is 0.417. The van der Waals surface area contributed by atoms with Crippen LogP contribution in [0.25, 0.3) is 0 Å². The third-order valence-electron chi connectivity index (χ3n) is 5.34. The number of nitrogens with two attached hydrogens (primary N) is 1. The van der Waals surface area contributed by atoms with E-state index in [4.69, 9.17) is 10.5 Å². The van der Waals surface area contributed by atoms with E-state index in [0.717, 1.165) is 37.5 Å². The summed E-state index contributed by atoms with van der Waals surface area (Å²) >= 11 is 0. The molecule has 0 bridgehead atoms. The van der Waals surface area contributed by atoms with Crippen molar-refractivity contribution < 1.29 is 9.53 Å². The average molecular weight is 409 g/mol. The largest absolute Gasteiger partial charge is 0.372 e. The smallest absolute Gasteiger partial charge is 0.217 e. The number of likely N-dealkylation sites (tertiary alicyclic amines) is 1. The number of primary amides is 1. The highest BCUT2D eigenvalue weighted by atomic mass is 16.5. The Morgan fingerprint density at radius 3 is 2.63 bits per heavy atom. The third-order valence-corrected chi connectivity index (χ3v) is 5.34. The van der Waals surface area contributed by atoms with Crippen LogP contribution in [0.15, 0.2) is 59.6 Å². The Morgan fingerprint density at radius 1 is 1.13 bits per heavy atom. The lowest BCUT2D eigenvalue weighted by Crippen LogP contribution is -2.46. The van der Waals surface area contributed by atoms with Gasteiger partial charge in [-0.25, -0.2) is 0 Å². The second-order valence-electron chi connectivity index (χ2n) is 7.82. The minimum absolute atomic E-state index is 0.226. The molecule has 0 aromatic heterocycles. The zero-order chi connectivity index (χ0) is 21.2. The van der Waals surface area contributed by atoms with Crippen LogP contribution in [0.3, 0.4) is 0 Å². The molecule has 0 spiro atoms. The average Bonchev–Trinajstić information content (AvgIpc) is 2.75. The van der Waals surface area contributed by atoms with Gasteiger partial charge in [0.2, 0.25) is 5.91 Å². The first kappa shape index (κ1) is 21.8. The van der Waals surface area contributed by atoms with Gasteiger partial charge in [-0.05, 0) is 35.4 Å². The molecule has 1 saturated heterocycles. The number of piperidine rings is 1. The minimum Gasteiger partial charge on any atom is -0.372 e. The van der Waals surface area contributed by atoms with Crippen LogP contribution in [0.5, 0.6) is 0 Å². The van der Waals surface area contributed by atoms with E-state index in [1.165, 1.54) is 11.1 Å². The first-order valence-corrected chi connectivity index (χ1v) is 10.6. The lowest BCUT2D eigenvalue weighted by atomic mass is 9.95. The molecular formula is C24H32N4O2. The molecule has 0 saturated carbocycles. The van der Waals surface area contributed by atoms with E-state index in [0.29, 0.717) is 32.1 Å². The lowest BCUT2D eigenvalue weighted by Gasteiger charge is -2.34. The van der Waals surface area contributed by atoms with E-state index in [2.05, 4.69) is 51.6 Å². The van der Waals surface area contributed by atoms with E-state index < -0.39 is 0 Å². The lowest BCUT2D eigenvalue weighted by molar-refractivity contribution is -0.119. The second kappa shape index (κ2) is 11.4. The SMILES string of the molecule is CN=C(NCc1cccc(COCc2ccccc2)c1)N1CCCC(CC(N)=O)C1. The summed E-state index contributed by atoms with van der Waals surface area (Å²) in [4.78, 5) is 17.9. The molecule has 1 amide bonds. The van der Waals surface area contributed by atoms with Crippen LogP contribution in [-0.4, -0.2) is 36.9 Å². The van der Waals surface area contributed by atoms with Crippen LogP contribution in [-0.2, 0) is 29.3 Å². The van der Waals surface area contributed by atoms with Crippen molar-refractivity contribution in [1.82, 2.24) is 10.2 Å². The van der Waals surface area contributed by atoms with Crippen molar-refractivity contribution in [3.8, 4) is 0 Å². The Morgan fingerprint density at radius 2 is 1.87 bits per heavy atom. The number of aliphatic imine (C=N–C) groups is 1. The zero-order valence-electron chi connectivity index (χ0n) is 17.7. The topological polar surface area (TPSA) is 80.0 Å². The number of carbonyl (C=O) groups excluding carboxylic acids is 1. The molecule has 160 valence electrons. The molecule has 6 nitrogen and oxygen atoms in total. The predicted octanol–water partition coefficient (Wildman–Crippen LogP) is 3.07. The van der Waals surface area contributed by atoms with Crippen LogP contribution >= 0.6 is 0 Å². The van der Waals surface area contributed by atoms with Crippen molar-refractivity contribution in [2.45, 2.75) is 39.0 Å². The van der Waals surface area contributed by atoms with Gasteiger partial charge in [-0.3, -0.25) is 9.79 Å². The monoisotopic (exact) mass is 408 g/mol. The number of rotatable bonds is 8. The molecule has 3 rings (SSSR count). The van der Waals surface area contributed by atoms with Gasteiger partial charge in [0.25, 0.3) is 0 Å². The van der Waals surface area contributed by atoms with Gasteiger partial charge in [0.05, 0.1) is 13.2 Å². The molecule has 1 unspecified atom stereocenters. The van der Waals surface area contributed by atoms with Gasteiger partial charge < -0.3 is 20.7 Å². The molecular weight excluding hydrogens is 376 g/mol. The number of guanidine groups is 1. The fourth-order valence-electron chi connectivity index (χ4n) is 3.91. The van der Waals surface area contributed by atoms with Crippen LogP contribution < -0.4 is 11.1 Å². The molecule has 1 aliphatic rings. The maximum Gasteiger partial charge on any atom is 0.217 e. The summed E-state index contributed by atoms with van der Waals surface area (Å²) in [6.07, 6.45) is 2.53. The molecule has 30 heavy (non-hydrogen) atoms. The molecule has 2 aromatic carbocycles. The van der Waals surface area contributed by atoms with Gasteiger partial charge in [0.1, 0.15) is 0 Å². The van der Waals surface area contributed by atoms with Crippen molar-refractivity contribution in [1.29, 1.82) is 0 Å². The van der Waals surface area contributed by atoms with Crippen molar-refractivity contribution in [3.63, 3.8) is 0 Å². The number of benzene rings is 2. The van der Waals surface area contributed by atoms with Crippen LogP contribution in [0.2, 0.25) is 0 Å². The quantitative estimate of drug-likeness (QED) is 0.520. The van der Waals surface area contributed by atoms with Gasteiger partial charge in [-0.2, -0.15) is 0 Å². The standard InChI is InChI=1S/C24H32N4O2/c1-26-24(28-12-6-11-21(16-28)14-23(25)29)27-15-20-9-5-10-22(13-20)18-30-17-19-7-3-2-4-8-19/h2-5,7-10,13,21H,6,11-12,14-18H2,1H3,(H2,25,29)(H,26,27). The van der Waals surface area contributed by atoms with E-state index in [1.54, 1.807) is 7.05 Å². The van der Waals surface area contributed by atoms with Gasteiger partial charge in [-0.1, -0.05) is 54.6 Å². The van der Waals surface area contributed by atoms with E-state index in [9.17, 15) is 4.79 Å². The number of hydrogen-bond donors (Lipinski definition) is 2. The van der Waals surface area contributed by atoms with Crippen molar-refractivity contribution in [3.05, 3.63) is 71.3 Å². The molecule has 1 fully saturated rings. The Balaban J connectivity index is 1.49. The maximum absolute atomic E-state index is 11.3. The summed E-state index contributed by atoms with van der Waals surface area (Å²) in [6, 6.07) is 18.6. The van der Waals surface area contributed by atoms with Crippen LogP contribution in [0.1, 0.15) is 36.0 Å². The van der Waals surface area contributed by atoms with Crippen LogP contribution in [0, 0.1) is 5.92 Å². The van der Waals surface area contributed by atoms with Gasteiger partial charge >= 0.3 is 0 Å². The highest BCUT2D eigenvalue weighted by Gasteiger charge is 2.23. The molecule has 1 atom stereocenters. The van der Waals surface area contributed by atoms with Crippen molar-refractivity contribution in [2.75, 3.05) is 20.1 Å². The molecule has 0 aliphatic carbocycles. The summed E-state index contributed by atoms with van der Waals surface area (Å²) in [5, 5.41) is 3.46. The third kappa shape index (κ3) is 6.88. The Hall–Kier alpha value is -2.86. The number of carbonyl (C=O) groups is 1. The van der Waals surface area contributed by atoms with E-state index >= 15 is 0 Å². The number of ether oxygens (including phenoxy) is 1. The molecule has 0 radical (unpaired) electrons. The molecule has 1 aliphatic heterocycles. The summed E-state index contributed by atoms with van der Waals surface area (Å²) in [5.74, 6) is 0.950. The summed E-state index contributed by atoms with van der Waals surface area (Å²) < 4.78 is 5.86. The predicted molar refractivity (Wildman–Crippen MR) is 120 cm³/mol. The Labute approximate surface area is 179 Å².